The lowest BCUT2D eigenvalue weighted by atomic mass is 10.0. The fourth-order valence-electron chi connectivity index (χ4n) is 2.94. The molecule has 0 aliphatic carbocycles. The topological polar surface area (TPSA) is 44.4 Å². The van der Waals surface area contributed by atoms with Gasteiger partial charge in [-0.3, -0.25) is 0 Å². The first-order valence-corrected chi connectivity index (χ1v) is 8.25. The van der Waals surface area contributed by atoms with E-state index in [0.29, 0.717) is 11.3 Å². The number of benzene rings is 2. The molecule has 24 heavy (non-hydrogen) atoms. The normalized spacial score (nSPS) is 15.2. The maximum atomic E-state index is 13.5. The van der Waals surface area contributed by atoms with E-state index in [9.17, 15) is 9.18 Å². The number of aryl methyl sites for hydroxylation is 1. The number of nitrogens with one attached hydrogen (secondary N) is 2. The summed E-state index contributed by atoms with van der Waals surface area (Å²) in [7, 11) is 0. The van der Waals surface area contributed by atoms with Crippen molar-refractivity contribution < 1.29 is 9.18 Å². The molecule has 0 aromatic heterocycles. The third kappa shape index (κ3) is 4.04. The summed E-state index contributed by atoms with van der Waals surface area (Å²) >= 11 is 0. The standard InChI is InChI=1S/C19H22FN3O/c1-14-7-8-16(13-18(14)20)22-19(24)21-15-9-11-23(12-10-15)17-5-3-2-4-6-17/h2-8,13,15H,9-12H2,1H3,(H2,21,22,24). The zero-order chi connectivity index (χ0) is 16.9. The van der Waals surface area contributed by atoms with Gasteiger partial charge >= 0.3 is 6.03 Å². The van der Waals surface area contributed by atoms with Gasteiger partial charge in [0.2, 0.25) is 0 Å². The van der Waals surface area contributed by atoms with E-state index >= 15 is 0 Å². The first-order chi connectivity index (χ1) is 11.6. The first kappa shape index (κ1) is 16.3. The molecular formula is C19H22FN3O. The molecule has 2 amide bonds. The number of piperidine rings is 1. The Bertz CT molecular complexity index is 697. The van der Waals surface area contributed by atoms with Crippen LogP contribution < -0.4 is 15.5 Å². The molecule has 126 valence electrons. The van der Waals surface area contributed by atoms with Crippen molar-refractivity contribution in [2.45, 2.75) is 25.8 Å². The van der Waals surface area contributed by atoms with Gasteiger partial charge in [-0.1, -0.05) is 24.3 Å². The molecule has 0 saturated carbocycles. The van der Waals surface area contributed by atoms with Crippen LogP contribution in [0, 0.1) is 12.7 Å². The van der Waals surface area contributed by atoms with Crippen LogP contribution >= 0.6 is 0 Å². The lowest BCUT2D eigenvalue weighted by molar-refractivity contribution is 0.246. The molecule has 0 unspecified atom stereocenters. The lowest BCUT2D eigenvalue weighted by Gasteiger charge is -2.33. The van der Waals surface area contributed by atoms with Crippen LogP contribution in [0.4, 0.5) is 20.6 Å². The average Bonchev–Trinajstić information content (AvgIpc) is 2.59. The van der Waals surface area contributed by atoms with E-state index in [1.54, 1.807) is 19.1 Å². The minimum Gasteiger partial charge on any atom is -0.371 e. The third-order valence-corrected chi connectivity index (χ3v) is 4.38. The number of hydrogen-bond acceptors (Lipinski definition) is 2. The van der Waals surface area contributed by atoms with Gasteiger partial charge in [0.05, 0.1) is 0 Å². The summed E-state index contributed by atoms with van der Waals surface area (Å²) in [6.07, 6.45) is 1.79. The molecule has 0 bridgehead atoms. The third-order valence-electron chi connectivity index (χ3n) is 4.38. The maximum Gasteiger partial charge on any atom is 0.319 e. The Kier molecular flexibility index (Phi) is 4.99. The average molecular weight is 327 g/mol. The van der Waals surface area contributed by atoms with Crippen LogP contribution in [-0.4, -0.2) is 25.2 Å². The molecule has 1 saturated heterocycles. The van der Waals surface area contributed by atoms with Crippen molar-refractivity contribution in [3.63, 3.8) is 0 Å². The van der Waals surface area contributed by atoms with Crippen molar-refractivity contribution >= 4 is 17.4 Å². The molecule has 0 spiro atoms. The van der Waals surface area contributed by atoms with Crippen molar-refractivity contribution in [2.24, 2.45) is 0 Å². The summed E-state index contributed by atoms with van der Waals surface area (Å²) in [5, 5.41) is 5.67. The second-order valence-corrected chi connectivity index (χ2v) is 6.16. The summed E-state index contributed by atoms with van der Waals surface area (Å²) < 4.78 is 13.5. The van der Waals surface area contributed by atoms with Crippen molar-refractivity contribution in [3.8, 4) is 0 Å². The smallest absolute Gasteiger partial charge is 0.319 e. The van der Waals surface area contributed by atoms with Gasteiger partial charge in [0.1, 0.15) is 5.82 Å². The maximum absolute atomic E-state index is 13.5. The van der Waals surface area contributed by atoms with Crippen LogP contribution in [0.15, 0.2) is 48.5 Å². The predicted molar refractivity (Wildman–Crippen MR) is 95.0 cm³/mol. The van der Waals surface area contributed by atoms with Gasteiger partial charge in [0, 0.05) is 30.5 Å². The van der Waals surface area contributed by atoms with Gasteiger partial charge < -0.3 is 15.5 Å². The highest BCUT2D eigenvalue weighted by Crippen LogP contribution is 2.19. The summed E-state index contributed by atoms with van der Waals surface area (Å²) in [6.45, 7) is 3.52. The van der Waals surface area contributed by atoms with Crippen molar-refractivity contribution in [1.82, 2.24) is 5.32 Å². The Balaban J connectivity index is 1.49. The monoisotopic (exact) mass is 327 g/mol. The summed E-state index contributed by atoms with van der Waals surface area (Å²) in [5.74, 6) is -0.316. The number of carbonyl (C=O) groups excluding carboxylic acids is 1. The quantitative estimate of drug-likeness (QED) is 0.897. The fraction of sp³-hybridized carbons (Fsp3) is 0.316. The number of amides is 2. The van der Waals surface area contributed by atoms with Crippen LogP contribution in [-0.2, 0) is 0 Å². The van der Waals surface area contributed by atoms with Crippen LogP contribution in [0.25, 0.3) is 0 Å². The Hall–Kier alpha value is -2.56. The molecule has 4 nitrogen and oxygen atoms in total. The zero-order valence-electron chi connectivity index (χ0n) is 13.8. The molecule has 2 N–H and O–H groups in total. The van der Waals surface area contributed by atoms with Gasteiger partial charge in [0.15, 0.2) is 0 Å². The molecule has 2 aromatic rings. The van der Waals surface area contributed by atoms with E-state index in [4.69, 9.17) is 0 Å². The number of halogens is 1. The van der Waals surface area contributed by atoms with E-state index in [0.717, 1.165) is 25.9 Å². The number of urea groups is 1. The van der Waals surface area contributed by atoms with Crippen LogP contribution in [0.3, 0.4) is 0 Å². The highest BCUT2D eigenvalue weighted by atomic mass is 19.1. The van der Waals surface area contributed by atoms with Gasteiger partial charge in [-0.2, -0.15) is 0 Å². The number of nitrogens with zero attached hydrogens (tertiary/aromatic N) is 1. The van der Waals surface area contributed by atoms with Crippen LogP contribution in [0.1, 0.15) is 18.4 Å². The van der Waals surface area contributed by atoms with E-state index in [-0.39, 0.29) is 17.9 Å². The van der Waals surface area contributed by atoms with Gasteiger partial charge in [-0.25, -0.2) is 9.18 Å². The number of hydrogen-bond donors (Lipinski definition) is 2. The Morgan fingerprint density at radius 1 is 1.12 bits per heavy atom. The largest absolute Gasteiger partial charge is 0.371 e. The molecule has 1 heterocycles. The number of carbonyl (C=O) groups is 1. The highest BCUT2D eigenvalue weighted by molar-refractivity contribution is 5.89. The molecule has 3 rings (SSSR count). The minimum absolute atomic E-state index is 0.139. The summed E-state index contributed by atoms with van der Waals surface area (Å²) in [5.41, 5.74) is 2.25. The van der Waals surface area contributed by atoms with Gasteiger partial charge in [-0.05, 0) is 49.6 Å². The fourth-order valence-corrected chi connectivity index (χ4v) is 2.94. The molecule has 1 fully saturated rings. The second kappa shape index (κ2) is 7.34. The predicted octanol–water partition coefficient (Wildman–Crippen LogP) is 3.92. The van der Waals surface area contributed by atoms with E-state index in [1.807, 2.05) is 18.2 Å². The van der Waals surface area contributed by atoms with Crippen LogP contribution in [0.2, 0.25) is 0 Å². The van der Waals surface area contributed by atoms with Crippen molar-refractivity contribution in [1.29, 1.82) is 0 Å². The van der Waals surface area contributed by atoms with E-state index in [2.05, 4.69) is 27.7 Å². The first-order valence-electron chi connectivity index (χ1n) is 8.25. The Morgan fingerprint density at radius 3 is 2.50 bits per heavy atom. The molecule has 0 atom stereocenters. The second-order valence-electron chi connectivity index (χ2n) is 6.16. The van der Waals surface area contributed by atoms with Crippen LogP contribution in [0.5, 0.6) is 0 Å². The zero-order valence-corrected chi connectivity index (χ0v) is 13.8. The molecule has 1 aliphatic heterocycles. The Labute approximate surface area is 141 Å². The number of rotatable bonds is 3. The number of anilines is 2. The highest BCUT2D eigenvalue weighted by Gasteiger charge is 2.20. The summed E-state index contributed by atoms with van der Waals surface area (Å²) in [4.78, 5) is 14.4. The number of para-hydroxylation sites is 1. The van der Waals surface area contributed by atoms with Crippen molar-refractivity contribution in [2.75, 3.05) is 23.3 Å². The SMILES string of the molecule is Cc1ccc(NC(=O)NC2CCN(c3ccccc3)CC2)cc1F. The molecule has 1 aliphatic rings. The molecule has 5 heteroatoms. The van der Waals surface area contributed by atoms with Gasteiger partial charge in [-0.15, -0.1) is 0 Å². The van der Waals surface area contributed by atoms with E-state index in [1.165, 1.54) is 11.8 Å². The van der Waals surface area contributed by atoms with E-state index < -0.39 is 0 Å². The summed E-state index contributed by atoms with van der Waals surface area (Å²) in [6, 6.07) is 14.8. The van der Waals surface area contributed by atoms with Gasteiger partial charge in [0.25, 0.3) is 0 Å². The molecular weight excluding hydrogens is 305 g/mol. The van der Waals surface area contributed by atoms with Crippen molar-refractivity contribution in [3.05, 3.63) is 59.9 Å². The lowest BCUT2D eigenvalue weighted by Crippen LogP contribution is -2.46. The molecule has 2 aromatic carbocycles. The Morgan fingerprint density at radius 2 is 1.83 bits per heavy atom. The minimum atomic E-state index is -0.316. The molecule has 0 radical (unpaired) electrons.